The van der Waals surface area contributed by atoms with Gasteiger partial charge >= 0.3 is 0 Å². The Morgan fingerprint density at radius 2 is 1.73 bits per heavy atom. The summed E-state index contributed by atoms with van der Waals surface area (Å²) < 4.78 is 0. The Morgan fingerprint density at radius 3 is 2.64 bits per heavy atom. The zero-order valence-corrected chi connectivity index (χ0v) is 7.39. The van der Waals surface area contributed by atoms with Crippen LogP contribution in [0.3, 0.4) is 0 Å². The lowest BCUT2D eigenvalue weighted by Crippen LogP contribution is -1.95. The van der Waals surface area contributed by atoms with Crippen LogP contribution in [-0.4, -0.2) is 0 Å². The van der Waals surface area contributed by atoms with Crippen molar-refractivity contribution in [3.8, 4) is 0 Å². The summed E-state index contributed by atoms with van der Waals surface area (Å²) in [7, 11) is 0. The van der Waals surface area contributed by atoms with Gasteiger partial charge in [-0.2, -0.15) is 0 Å². The number of hydrogen-bond acceptors (Lipinski definition) is 0. The number of allylic oxidation sites excluding steroid dienone is 2. The van der Waals surface area contributed by atoms with Gasteiger partial charge in [-0.25, -0.2) is 0 Å². The van der Waals surface area contributed by atoms with Crippen molar-refractivity contribution in [2.45, 2.75) is 44.9 Å². The molecule has 1 aliphatic carbocycles. The summed E-state index contributed by atoms with van der Waals surface area (Å²) in [5.41, 5.74) is 0. The Balaban J connectivity index is 2.24. The van der Waals surface area contributed by atoms with Crippen molar-refractivity contribution in [1.29, 1.82) is 0 Å². The van der Waals surface area contributed by atoms with E-state index in [0.29, 0.717) is 5.92 Å². The van der Waals surface area contributed by atoms with Crippen molar-refractivity contribution in [2.75, 3.05) is 0 Å². The predicted octanol–water partition coefficient (Wildman–Crippen LogP) is 3.74. The molecular weight excluding hydrogens is 132 g/mol. The van der Waals surface area contributed by atoms with Crippen molar-refractivity contribution >= 4 is 0 Å². The van der Waals surface area contributed by atoms with E-state index >= 15 is 0 Å². The first kappa shape index (κ1) is 8.83. The van der Waals surface area contributed by atoms with Crippen LogP contribution < -0.4 is 0 Å². The highest BCUT2D eigenvalue weighted by molar-refractivity contribution is 4.83. The quantitative estimate of drug-likeness (QED) is 0.463. The molecule has 0 saturated heterocycles. The maximum absolute atomic E-state index is 4.14. The molecule has 0 saturated carbocycles. The molecule has 0 N–H and O–H groups in total. The van der Waals surface area contributed by atoms with Crippen molar-refractivity contribution in [3.05, 3.63) is 19.1 Å². The van der Waals surface area contributed by atoms with E-state index in [-0.39, 0.29) is 0 Å². The van der Waals surface area contributed by atoms with E-state index in [1.165, 1.54) is 44.9 Å². The monoisotopic (exact) mass is 151 g/mol. The third-order valence-corrected chi connectivity index (χ3v) is 2.39. The standard InChI is InChI=1S/C11H19/c1-11-9-7-5-3-2-4-6-8-10-11/h3,5,11H,1-2,4,6-10H2/b5-3-. The molecule has 0 heteroatoms. The van der Waals surface area contributed by atoms with Gasteiger partial charge in [0.2, 0.25) is 0 Å². The highest BCUT2D eigenvalue weighted by Crippen LogP contribution is 2.17. The van der Waals surface area contributed by atoms with Gasteiger partial charge in [-0.1, -0.05) is 38.3 Å². The maximum Gasteiger partial charge on any atom is -0.0348 e. The van der Waals surface area contributed by atoms with Crippen LogP contribution in [0.25, 0.3) is 0 Å². The molecule has 1 atom stereocenters. The molecule has 0 amide bonds. The fraction of sp³-hybridized carbons (Fsp3) is 0.727. The molecule has 0 nitrogen and oxygen atoms in total. The van der Waals surface area contributed by atoms with Crippen LogP contribution in [0, 0.1) is 12.8 Å². The maximum atomic E-state index is 4.14. The Hall–Kier alpha value is -0.260. The van der Waals surface area contributed by atoms with Gasteiger partial charge in [0.25, 0.3) is 0 Å². The lowest BCUT2D eigenvalue weighted by molar-refractivity contribution is 0.499. The van der Waals surface area contributed by atoms with Crippen molar-refractivity contribution in [3.63, 3.8) is 0 Å². The second-order valence-corrected chi connectivity index (χ2v) is 3.55. The third-order valence-electron chi connectivity index (χ3n) is 2.39. The first-order valence-electron chi connectivity index (χ1n) is 4.87. The molecule has 0 fully saturated rings. The molecule has 1 rings (SSSR count). The highest BCUT2D eigenvalue weighted by atomic mass is 14.1. The van der Waals surface area contributed by atoms with Gasteiger partial charge in [-0.05, 0) is 31.6 Å². The summed E-state index contributed by atoms with van der Waals surface area (Å²) in [6.45, 7) is 4.14. The average Bonchev–Trinajstić information content (AvgIpc) is 2.03. The molecule has 0 heterocycles. The average molecular weight is 151 g/mol. The van der Waals surface area contributed by atoms with Crippen LogP contribution >= 0.6 is 0 Å². The molecule has 0 bridgehead atoms. The van der Waals surface area contributed by atoms with Gasteiger partial charge in [-0.3, -0.25) is 0 Å². The zero-order valence-electron chi connectivity index (χ0n) is 7.39. The summed E-state index contributed by atoms with van der Waals surface area (Å²) in [5, 5.41) is 0. The van der Waals surface area contributed by atoms with Crippen molar-refractivity contribution < 1.29 is 0 Å². The highest BCUT2D eigenvalue weighted by Gasteiger charge is 2.01. The first-order valence-corrected chi connectivity index (χ1v) is 4.87. The summed E-state index contributed by atoms with van der Waals surface area (Å²) in [5.74, 6) is 0.706. The predicted molar refractivity (Wildman–Crippen MR) is 50.3 cm³/mol. The van der Waals surface area contributed by atoms with E-state index in [1.807, 2.05) is 0 Å². The van der Waals surface area contributed by atoms with Gasteiger partial charge in [0.1, 0.15) is 0 Å². The smallest absolute Gasteiger partial charge is 0.0348 e. The molecule has 1 radical (unpaired) electrons. The van der Waals surface area contributed by atoms with E-state index in [0.717, 1.165) is 0 Å². The summed E-state index contributed by atoms with van der Waals surface area (Å²) in [6, 6.07) is 0. The largest absolute Gasteiger partial charge is 0.0885 e. The van der Waals surface area contributed by atoms with E-state index < -0.39 is 0 Å². The number of hydrogen-bond donors (Lipinski definition) is 0. The Kier molecular flexibility index (Phi) is 4.33. The van der Waals surface area contributed by atoms with E-state index in [1.54, 1.807) is 0 Å². The fourth-order valence-electron chi connectivity index (χ4n) is 1.58. The minimum absolute atomic E-state index is 0.706. The van der Waals surface area contributed by atoms with Crippen LogP contribution in [0.1, 0.15) is 44.9 Å². The molecule has 0 aromatic heterocycles. The first-order chi connectivity index (χ1) is 5.39. The molecule has 1 unspecified atom stereocenters. The van der Waals surface area contributed by atoms with Crippen molar-refractivity contribution in [2.24, 2.45) is 5.92 Å². The van der Waals surface area contributed by atoms with Crippen LogP contribution in [0.5, 0.6) is 0 Å². The Bertz CT molecular complexity index is 113. The summed E-state index contributed by atoms with van der Waals surface area (Å²) in [6.07, 6.45) is 14.0. The minimum Gasteiger partial charge on any atom is -0.0885 e. The Labute approximate surface area is 70.7 Å². The topological polar surface area (TPSA) is 0 Å². The molecule has 1 aliphatic rings. The normalized spacial score (nSPS) is 31.2. The van der Waals surface area contributed by atoms with Gasteiger partial charge < -0.3 is 0 Å². The molecular formula is C11H19. The molecule has 0 aliphatic heterocycles. The summed E-state index contributed by atoms with van der Waals surface area (Å²) >= 11 is 0. The Morgan fingerprint density at radius 1 is 0.909 bits per heavy atom. The van der Waals surface area contributed by atoms with Gasteiger partial charge in [0.05, 0.1) is 0 Å². The van der Waals surface area contributed by atoms with E-state index in [2.05, 4.69) is 19.1 Å². The third kappa shape index (κ3) is 4.23. The molecule has 0 spiro atoms. The summed E-state index contributed by atoms with van der Waals surface area (Å²) in [4.78, 5) is 0. The van der Waals surface area contributed by atoms with Gasteiger partial charge in [-0.15, -0.1) is 0 Å². The molecule has 0 aromatic rings. The second-order valence-electron chi connectivity index (χ2n) is 3.55. The van der Waals surface area contributed by atoms with Crippen molar-refractivity contribution in [1.82, 2.24) is 0 Å². The molecule has 63 valence electrons. The molecule has 0 aromatic carbocycles. The lowest BCUT2D eigenvalue weighted by atomic mass is 9.96. The molecule has 11 heavy (non-hydrogen) atoms. The lowest BCUT2D eigenvalue weighted by Gasteiger charge is -2.10. The fourth-order valence-corrected chi connectivity index (χ4v) is 1.58. The second kappa shape index (κ2) is 5.40. The minimum atomic E-state index is 0.706. The van der Waals surface area contributed by atoms with Crippen LogP contribution in [0.2, 0.25) is 0 Å². The van der Waals surface area contributed by atoms with Gasteiger partial charge in [0, 0.05) is 0 Å². The zero-order chi connectivity index (χ0) is 7.94. The SMILES string of the molecule is [CH2]C1CC/C=C\CCCCC1. The van der Waals surface area contributed by atoms with Crippen LogP contribution in [-0.2, 0) is 0 Å². The van der Waals surface area contributed by atoms with E-state index in [9.17, 15) is 0 Å². The number of rotatable bonds is 0. The van der Waals surface area contributed by atoms with Crippen LogP contribution in [0.15, 0.2) is 12.2 Å². The van der Waals surface area contributed by atoms with Gasteiger partial charge in [0.15, 0.2) is 0 Å². The van der Waals surface area contributed by atoms with E-state index in [4.69, 9.17) is 0 Å². The van der Waals surface area contributed by atoms with Crippen LogP contribution in [0.4, 0.5) is 0 Å².